The molecule has 8 heteroatoms. The number of fused-ring (bicyclic) bond motifs is 1. The van der Waals surface area contributed by atoms with Crippen molar-refractivity contribution >= 4 is 26.8 Å². The third-order valence-electron chi connectivity index (χ3n) is 4.91. The Hall–Kier alpha value is -3.10. The number of benzene rings is 2. The number of para-hydroxylation sites is 1. The van der Waals surface area contributed by atoms with E-state index < -0.39 is 10.0 Å². The van der Waals surface area contributed by atoms with Gasteiger partial charge in [0.05, 0.1) is 11.5 Å². The molecule has 0 unspecified atom stereocenters. The number of rotatable bonds is 9. The molecule has 164 valence electrons. The van der Waals surface area contributed by atoms with Gasteiger partial charge in [-0.2, -0.15) is 0 Å². The Morgan fingerprint density at radius 3 is 2.61 bits per heavy atom. The van der Waals surface area contributed by atoms with Crippen LogP contribution in [0, 0.1) is 0 Å². The fourth-order valence-corrected chi connectivity index (χ4v) is 4.28. The zero-order chi connectivity index (χ0) is 22.6. The Bertz CT molecular complexity index is 1210. The average molecular weight is 442 g/mol. The highest BCUT2D eigenvalue weighted by Gasteiger charge is 2.20. The van der Waals surface area contributed by atoms with Crippen LogP contribution in [0.4, 0.5) is 0 Å². The van der Waals surface area contributed by atoms with Gasteiger partial charge in [0.2, 0.25) is 10.0 Å². The van der Waals surface area contributed by atoms with Gasteiger partial charge in [-0.3, -0.25) is 4.79 Å². The highest BCUT2D eigenvalue weighted by Crippen LogP contribution is 2.25. The molecule has 1 heterocycles. The predicted octanol–water partition coefficient (Wildman–Crippen LogP) is 3.41. The summed E-state index contributed by atoms with van der Waals surface area (Å²) in [6.07, 6.45) is 1.70. The standard InChI is InChI=1S/C23H27N3O4S/c1-5-13-26-20-12-11-19(31(28,29)25(3)4)14-18(20)15-21(26)23(27)24-16-17-9-7-8-10-22(17)30-6-2/h5,7-12,14-15H,1,6,13,16H2,2-4H3,(H,24,27). The maximum atomic E-state index is 13.0. The Labute approximate surface area is 183 Å². The van der Waals surface area contributed by atoms with Gasteiger partial charge < -0.3 is 14.6 Å². The Morgan fingerprint density at radius 1 is 1.19 bits per heavy atom. The van der Waals surface area contributed by atoms with Crippen molar-refractivity contribution in [2.24, 2.45) is 0 Å². The molecule has 7 nitrogen and oxygen atoms in total. The number of allylic oxidation sites excluding steroid dienone is 1. The molecule has 2 aromatic carbocycles. The predicted molar refractivity (Wildman–Crippen MR) is 122 cm³/mol. The average Bonchev–Trinajstić information content (AvgIpc) is 3.11. The van der Waals surface area contributed by atoms with Crippen LogP contribution in [-0.4, -0.2) is 43.9 Å². The quantitative estimate of drug-likeness (QED) is 0.516. The summed E-state index contributed by atoms with van der Waals surface area (Å²) in [7, 11) is -0.597. The number of amides is 1. The molecule has 1 aromatic heterocycles. The van der Waals surface area contributed by atoms with E-state index in [9.17, 15) is 13.2 Å². The van der Waals surface area contributed by atoms with Crippen LogP contribution in [0.15, 0.2) is 66.1 Å². The highest BCUT2D eigenvalue weighted by molar-refractivity contribution is 7.89. The van der Waals surface area contributed by atoms with E-state index in [0.717, 1.165) is 16.8 Å². The molecule has 0 radical (unpaired) electrons. The van der Waals surface area contributed by atoms with Crippen LogP contribution in [0.5, 0.6) is 5.75 Å². The second-order valence-electron chi connectivity index (χ2n) is 7.16. The van der Waals surface area contributed by atoms with Crippen molar-refractivity contribution in [3.05, 3.63) is 72.4 Å². The number of nitrogens with one attached hydrogen (secondary N) is 1. The number of carbonyl (C=O) groups excluding carboxylic acids is 1. The third-order valence-corrected chi connectivity index (χ3v) is 6.72. The minimum atomic E-state index is -3.57. The van der Waals surface area contributed by atoms with Gasteiger partial charge in [0.1, 0.15) is 11.4 Å². The first-order valence-corrected chi connectivity index (χ1v) is 11.4. The van der Waals surface area contributed by atoms with E-state index in [4.69, 9.17) is 4.74 Å². The van der Waals surface area contributed by atoms with Crippen molar-refractivity contribution in [1.29, 1.82) is 0 Å². The number of ether oxygens (including phenoxy) is 1. The second kappa shape index (κ2) is 9.36. The van der Waals surface area contributed by atoms with Gasteiger partial charge in [-0.1, -0.05) is 24.3 Å². The van der Waals surface area contributed by atoms with E-state index in [0.29, 0.717) is 30.8 Å². The largest absolute Gasteiger partial charge is 0.494 e. The summed E-state index contributed by atoms with van der Waals surface area (Å²) in [6.45, 7) is 6.95. The minimum absolute atomic E-state index is 0.179. The van der Waals surface area contributed by atoms with Crippen LogP contribution < -0.4 is 10.1 Å². The van der Waals surface area contributed by atoms with E-state index in [-0.39, 0.29) is 10.8 Å². The van der Waals surface area contributed by atoms with Crippen molar-refractivity contribution in [1.82, 2.24) is 14.2 Å². The zero-order valence-electron chi connectivity index (χ0n) is 18.0. The number of sulfonamides is 1. The van der Waals surface area contributed by atoms with Gasteiger partial charge in [-0.25, -0.2) is 12.7 Å². The zero-order valence-corrected chi connectivity index (χ0v) is 18.8. The summed E-state index contributed by atoms with van der Waals surface area (Å²) in [6, 6.07) is 14.1. The van der Waals surface area contributed by atoms with E-state index >= 15 is 0 Å². The maximum Gasteiger partial charge on any atom is 0.268 e. The molecule has 0 saturated carbocycles. The van der Waals surface area contributed by atoms with Crippen molar-refractivity contribution in [2.75, 3.05) is 20.7 Å². The van der Waals surface area contributed by atoms with Crippen LogP contribution in [0.3, 0.4) is 0 Å². The Balaban J connectivity index is 1.94. The van der Waals surface area contributed by atoms with E-state index in [1.165, 1.54) is 18.4 Å². The molecule has 0 spiro atoms. The van der Waals surface area contributed by atoms with E-state index in [1.54, 1.807) is 30.3 Å². The number of hydrogen-bond acceptors (Lipinski definition) is 4. The third kappa shape index (κ3) is 4.65. The molecule has 0 fully saturated rings. The van der Waals surface area contributed by atoms with Gasteiger partial charge in [-0.05, 0) is 37.3 Å². The van der Waals surface area contributed by atoms with Gasteiger partial charge in [-0.15, -0.1) is 6.58 Å². The summed E-state index contributed by atoms with van der Waals surface area (Å²) < 4.78 is 33.6. The molecule has 1 N–H and O–H groups in total. The lowest BCUT2D eigenvalue weighted by molar-refractivity contribution is 0.0942. The topological polar surface area (TPSA) is 80.6 Å². The van der Waals surface area contributed by atoms with E-state index in [2.05, 4.69) is 11.9 Å². The van der Waals surface area contributed by atoms with Crippen molar-refractivity contribution in [3.8, 4) is 5.75 Å². The first-order chi connectivity index (χ1) is 14.8. The van der Waals surface area contributed by atoms with Gasteiger partial charge in [0, 0.05) is 43.7 Å². The lowest BCUT2D eigenvalue weighted by Crippen LogP contribution is -2.25. The van der Waals surface area contributed by atoms with Crippen molar-refractivity contribution in [2.45, 2.75) is 24.9 Å². The molecule has 3 aromatic rings. The van der Waals surface area contributed by atoms with Crippen LogP contribution in [0.25, 0.3) is 10.9 Å². The monoisotopic (exact) mass is 441 g/mol. The summed E-state index contributed by atoms with van der Waals surface area (Å²) in [5.74, 6) is 0.469. The van der Waals surface area contributed by atoms with Crippen LogP contribution in [-0.2, 0) is 23.1 Å². The minimum Gasteiger partial charge on any atom is -0.494 e. The summed E-state index contributed by atoms with van der Waals surface area (Å²) in [5, 5.41) is 3.61. The fraction of sp³-hybridized carbons (Fsp3) is 0.261. The van der Waals surface area contributed by atoms with Gasteiger partial charge in [0.25, 0.3) is 5.91 Å². The Morgan fingerprint density at radius 2 is 1.94 bits per heavy atom. The SMILES string of the molecule is C=CCn1c(C(=O)NCc2ccccc2OCC)cc2cc(S(=O)(=O)N(C)C)ccc21. The summed E-state index contributed by atoms with van der Waals surface area (Å²) in [4.78, 5) is 13.2. The summed E-state index contributed by atoms with van der Waals surface area (Å²) >= 11 is 0. The van der Waals surface area contributed by atoms with E-state index in [1.807, 2.05) is 35.8 Å². The molecule has 0 atom stereocenters. The molecule has 1 amide bonds. The number of hydrogen-bond donors (Lipinski definition) is 1. The molecule has 3 rings (SSSR count). The molecule has 0 aliphatic rings. The van der Waals surface area contributed by atoms with Crippen LogP contribution in [0.2, 0.25) is 0 Å². The van der Waals surface area contributed by atoms with Gasteiger partial charge >= 0.3 is 0 Å². The molecule has 0 aliphatic carbocycles. The lowest BCUT2D eigenvalue weighted by atomic mass is 10.2. The smallest absolute Gasteiger partial charge is 0.268 e. The maximum absolute atomic E-state index is 13.0. The molecular formula is C23H27N3O4S. The first kappa shape index (κ1) is 22.6. The van der Waals surface area contributed by atoms with Crippen molar-refractivity contribution in [3.63, 3.8) is 0 Å². The van der Waals surface area contributed by atoms with Crippen LogP contribution in [0.1, 0.15) is 23.0 Å². The second-order valence-corrected chi connectivity index (χ2v) is 9.31. The van der Waals surface area contributed by atoms with Crippen LogP contribution >= 0.6 is 0 Å². The number of carbonyl (C=O) groups is 1. The number of nitrogens with zero attached hydrogens (tertiary/aromatic N) is 2. The summed E-state index contributed by atoms with van der Waals surface area (Å²) in [5.41, 5.74) is 2.07. The first-order valence-electron chi connectivity index (χ1n) is 9.95. The highest BCUT2D eigenvalue weighted by atomic mass is 32.2. The van der Waals surface area contributed by atoms with Gasteiger partial charge in [0.15, 0.2) is 0 Å². The lowest BCUT2D eigenvalue weighted by Gasteiger charge is -2.13. The Kier molecular flexibility index (Phi) is 6.82. The molecule has 31 heavy (non-hydrogen) atoms. The molecule has 0 bridgehead atoms. The number of aromatic nitrogens is 1. The fourth-order valence-electron chi connectivity index (χ4n) is 3.35. The molecule has 0 saturated heterocycles. The van der Waals surface area contributed by atoms with Crippen molar-refractivity contribution < 1.29 is 17.9 Å². The normalized spacial score (nSPS) is 11.6. The molecule has 0 aliphatic heterocycles. The molecular weight excluding hydrogens is 414 g/mol.